The first-order valence-corrected chi connectivity index (χ1v) is 6.67. The molecule has 2 unspecified atom stereocenters. The van der Waals surface area contributed by atoms with Crippen LogP contribution in [0.2, 0.25) is 0 Å². The van der Waals surface area contributed by atoms with Gasteiger partial charge in [-0.2, -0.15) is 0 Å². The molecule has 0 aromatic heterocycles. The minimum Gasteiger partial charge on any atom is -0.274 e. The van der Waals surface area contributed by atoms with Gasteiger partial charge in [-0.15, -0.1) is 0 Å². The van der Waals surface area contributed by atoms with Crippen molar-refractivity contribution in [3.8, 4) is 0 Å². The Morgan fingerprint density at radius 1 is 1.06 bits per heavy atom. The van der Waals surface area contributed by atoms with E-state index in [9.17, 15) is 9.59 Å². The van der Waals surface area contributed by atoms with Crippen LogP contribution in [0.4, 0.5) is 5.69 Å². The van der Waals surface area contributed by atoms with Gasteiger partial charge in [-0.1, -0.05) is 28.1 Å². The van der Waals surface area contributed by atoms with E-state index in [0.717, 1.165) is 10.0 Å². The smallest absolute Gasteiger partial charge is 0.238 e. The van der Waals surface area contributed by atoms with Crippen molar-refractivity contribution in [2.75, 3.05) is 4.90 Å². The summed E-state index contributed by atoms with van der Waals surface area (Å²) >= 11 is 3.34. The molecule has 18 heavy (non-hydrogen) atoms. The summed E-state index contributed by atoms with van der Waals surface area (Å²) in [5.41, 5.74) is 1.68. The Kier molecular flexibility index (Phi) is 2.63. The maximum absolute atomic E-state index is 12.3. The second kappa shape index (κ2) is 4.05. The standard InChI is InChI=1S/C14H12BrNO2/c1-8-6-11-12(7-8)14(18)16(13(11)17)10-4-2-9(15)3-5-10/h2-5,11-12H,1,6-7H2. The van der Waals surface area contributed by atoms with E-state index in [-0.39, 0.29) is 23.7 Å². The van der Waals surface area contributed by atoms with Crippen molar-refractivity contribution >= 4 is 33.4 Å². The first kappa shape index (κ1) is 11.7. The zero-order valence-corrected chi connectivity index (χ0v) is 11.3. The Balaban J connectivity index is 1.96. The van der Waals surface area contributed by atoms with Crippen LogP contribution in [0.15, 0.2) is 40.9 Å². The van der Waals surface area contributed by atoms with Crippen LogP contribution in [0.25, 0.3) is 0 Å². The summed E-state index contributed by atoms with van der Waals surface area (Å²) in [4.78, 5) is 25.9. The molecule has 92 valence electrons. The quantitative estimate of drug-likeness (QED) is 0.591. The molecule has 0 N–H and O–H groups in total. The molecule has 2 fully saturated rings. The summed E-state index contributed by atoms with van der Waals surface area (Å²) in [7, 11) is 0. The van der Waals surface area contributed by atoms with Gasteiger partial charge >= 0.3 is 0 Å². The normalized spacial score (nSPS) is 26.9. The fraction of sp³-hybridized carbons (Fsp3) is 0.286. The lowest BCUT2D eigenvalue weighted by Crippen LogP contribution is -2.31. The molecule has 4 heteroatoms. The second-order valence-corrected chi connectivity index (χ2v) is 5.78. The van der Waals surface area contributed by atoms with Crippen molar-refractivity contribution in [1.82, 2.24) is 0 Å². The number of hydrogen-bond acceptors (Lipinski definition) is 2. The first-order chi connectivity index (χ1) is 8.58. The molecule has 0 bridgehead atoms. The first-order valence-electron chi connectivity index (χ1n) is 5.88. The third-order valence-corrected chi connectivity index (χ3v) is 4.19. The van der Waals surface area contributed by atoms with Gasteiger partial charge in [0.2, 0.25) is 11.8 Å². The maximum Gasteiger partial charge on any atom is 0.238 e. The molecule has 3 nitrogen and oxygen atoms in total. The molecule has 0 radical (unpaired) electrons. The second-order valence-electron chi connectivity index (χ2n) is 4.86. The number of nitrogens with zero attached hydrogens (tertiary/aromatic N) is 1. The number of carbonyl (C=O) groups excluding carboxylic acids is 2. The van der Waals surface area contributed by atoms with Gasteiger partial charge in [-0.3, -0.25) is 14.5 Å². The third-order valence-electron chi connectivity index (χ3n) is 3.66. The number of benzene rings is 1. The molecule has 1 aromatic carbocycles. The largest absolute Gasteiger partial charge is 0.274 e. The number of anilines is 1. The summed E-state index contributed by atoms with van der Waals surface area (Å²) in [6.45, 7) is 3.89. The van der Waals surface area contributed by atoms with Crippen LogP contribution < -0.4 is 4.90 Å². The number of allylic oxidation sites excluding steroid dienone is 1. The van der Waals surface area contributed by atoms with Gasteiger partial charge in [-0.05, 0) is 37.1 Å². The van der Waals surface area contributed by atoms with Gasteiger partial charge in [0.05, 0.1) is 17.5 Å². The summed E-state index contributed by atoms with van der Waals surface area (Å²) in [6, 6.07) is 7.25. The van der Waals surface area contributed by atoms with Crippen LogP contribution in [0, 0.1) is 11.8 Å². The summed E-state index contributed by atoms with van der Waals surface area (Å²) in [6.07, 6.45) is 1.31. The number of hydrogen-bond donors (Lipinski definition) is 0. The fourth-order valence-corrected chi connectivity index (χ4v) is 3.06. The van der Waals surface area contributed by atoms with E-state index in [1.807, 2.05) is 12.1 Å². The highest BCUT2D eigenvalue weighted by atomic mass is 79.9. The number of imide groups is 1. The topological polar surface area (TPSA) is 37.4 Å². The molecule has 1 heterocycles. The number of fused-ring (bicyclic) bond motifs is 1. The Morgan fingerprint density at radius 2 is 1.56 bits per heavy atom. The molecule has 1 aliphatic heterocycles. The van der Waals surface area contributed by atoms with Crippen molar-refractivity contribution in [3.05, 3.63) is 40.9 Å². The van der Waals surface area contributed by atoms with Crippen LogP contribution in [-0.2, 0) is 9.59 Å². The van der Waals surface area contributed by atoms with Gasteiger partial charge in [0.15, 0.2) is 0 Å². The summed E-state index contributed by atoms with van der Waals surface area (Å²) in [5.74, 6) is -0.528. The van der Waals surface area contributed by atoms with Crippen molar-refractivity contribution in [3.63, 3.8) is 0 Å². The maximum atomic E-state index is 12.3. The molecule has 2 atom stereocenters. The lowest BCUT2D eigenvalue weighted by molar-refractivity contribution is -0.122. The van der Waals surface area contributed by atoms with E-state index in [4.69, 9.17) is 0 Å². The highest BCUT2D eigenvalue weighted by molar-refractivity contribution is 9.10. The van der Waals surface area contributed by atoms with E-state index >= 15 is 0 Å². The zero-order chi connectivity index (χ0) is 12.9. The SMILES string of the molecule is C=C1CC2C(=O)N(c3ccc(Br)cc3)C(=O)C2C1. The predicted octanol–water partition coefficient (Wildman–Crippen LogP) is 2.90. The van der Waals surface area contributed by atoms with E-state index < -0.39 is 0 Å². The molecule has 0 spiro atoms. The zero-order valence-electron chi connectivity index (χ0n) is 9.73. The van der Waals surface area contributed by atoms with Gasteiger partial charge in [-0.25, -0.2) is 0 Å². The monoisotopic (exact) mass is 305 g/mol. The van der Waals surface area contributed by atoms with E-state index in [1.165, 1.54) is 4.90 Å². The third kappa shape index (κ3) is 1.63. The van der Waals surface area contributed by atoms with Crippen LogP contribution >= 0.6 is 15.9 Å². The Morgan fingerprint density at radius 3 is 2.06 bits per heavy atom. The lowest BCUT2D eigenvalue weighted by atomic mass is 10.00. The Labute approximate surface area is 114 Å². The van der Waals surface area contributed by atoms with Crippen molar-refractivity contribution in [2.45, 2.75) is 12.8 Å². The van der Waals surface area contributed by atoms with Gasteiger partial charge in [0.25, 0.3) is 0 Å². The summed E-state index contributed by atoms with van der Waals surface area (Å²) in [5, 5.41) is 0. The van der Waals surface area contributed by atoms with Crippen LogP contribution in [0.1, 0.15) is 12.8 Å². The van der Waals surface area contributed by atoms with Crippen molar-refractivity contribution in [2.24, 2.45) is 11.8 Å². The fourth-order valence-electron chi connectivity index (χ4n) is 2.79. The number of halogens is 1. The minimum atomic E-state index is -0.186. The molecule has 2 amide bonds. The van der Waals surface area contributed by atoms with Gasteiger partial charge in [0, 0.05) is 4.47 Å². The molecule has 1 saturated heterocycles. The van der Waals surface area contributed by atoms with E-state index in [2.05, 4.69) is 22.5 Å². The number of carbonyl (C=O) groups is 2. The Hall–Kier alpha value is -1.42. The van der Waals surface area contributed by atoms with Crippen LogP contribution in [-0.4, -0.2) is 11.8 Å². The van der Waals surface area contributed by atoms with E-state index in [1.54, 1.807) is 12.1 Å². The van der Waals surface area contributed by atoms with Gasteiger partial charge in [0.1, 0.15) is 0 Å². The van der Waals surface area contributed by atoms with Gasteiger partial charge < -0.3 is 0 Å². The average molecular weight is 306 g/mol. The molecule has 3 rings (SSSR count). The molecular formula is C14H12BrNO2. The molecular weight excluding hydrogens is 294 g/mol. The number of rotatable bonds is 1. The minimum absolute atomic E-state index is 0.0778. The average Bonchev–Trinajstić information content (AvgIpc) is 2.82. The van der Waals surface area contributed by atoms with Crippen molar-refractivity contribution < 1.29 is 9.59 Å². The van der Waals surface area contributed by atoms with Crippen LogP contribution in [0.3, 0.4) is 0 Å². The van der Waals surface area contributed by atoms with Crippen LogP contribution in [0.5, 0.6) is 0 Å². The molecule has 1 saturated carbocycles. The highest BCUT2D eigenvalue weighted by Crippen LogP contribution is 2.43. The lowest BCUT2D eigenvalue weighted by Gasteiger charge is -2.16. The van der Waals surface area contributed by atoms with Crippen molar-refractivity contribution in [1.29, 1.82) is 0 Å². The molecule has 2 aliphatic rings. The molecule has 1 aromatic rings. The predicted molar refractivity (Wildman–Crippen MR) is 72.0 cm³/mol. The number of amides is 2. The van der Waals surface area contributed by atoms with E-state index in [0.29, 0.717) is 18.5 Å². The highest BCUT2D eigenvalue weighted by Gasteiger charge is 2.51. The Bertz CT molecular complexity index is 523. The molecule has 1 aliphatic carbocycles. The summed E-state index contributed by atoms with van der Waals surface area (Å²) < 4.78 is 0.930.